The van der Waals surface area contributed by atoms with Crippen LogP contribution >= 0.6 is 0 Å². The molecule has 1 fully saturated rings. The van der Waals surface area contributed by atoms with Crippen LogP contribution in [0.4, 0.5) is 5.69 Å². The van der Waals surface area contributed by atoms with E-state index in [4.69, 9.17) is 9.73 Å². The first-order chi connectivity index (χ1) is 8.90. The standard InChI is InChI=1S/C15H16N2O/c1-2-4-12(5-3-1)16-15-17-14-11-7-6-10(8-11)13(14)9-18-15/h1-7,10-11,13-14H,8-9H2,(H,16,17)/t10-,11+,13+,14-/m0/s1. The van der Waals surface area contributed by atoms with Gasteiger partial charge in [0.25, 0.3) is 6.02 Å². The highest BCUT2D eigenvalue weighted by Gasteiger charge is 2.46. The Kier molecular flexibility index (Phi) is 2.19. The number of para-hydroxylation sites is 1. The van der Waals surface area contributed by atoms with Gasteiger partial charge in [-0.15, -0.1) is 0 Å². The number of hydrogen-bond donors (Lipinski definition) is 1. The molecule has 0 saturated heterocycles. The molecule has 0 spiro atoms. The van der Waals surface area contributed by atoms with Gasteiger partial charge in [0.2, 0.25) is 0 Å². The summed E-state index contributed by atoms with van der Waals surface area (Å²) in [5.74, 6) is 1.93. The first-order valence-corrected chi connectivity index (χ1v) is 6.61. The van der Waals surface area contributed by atoms with E-state index in [1.807, 2.05) is 30.3 Å². The van der Waals surface area contributed by atoms with Gasteiger partial charge in [-0.25, -0.2) is 4.99 Å². The van der Waals surface area contributed by atoms with Crippen molar-refractivity contribution in [3.05, 3.63) is 42.5 Å². The van der Waals surface area contributed by atoms with E-state index in [1.165, 1.54) is 6.42 Å². The minimum Gasteiger partial charge on any atom is -0.465 e. The lowest BCUT2D eigenvalue weighted by Crippen LogP contribution is -2.36. The summed E-state index contributed by atoms with van der Waals surface area (Å²) in [4.78, 5) is 4.75. The number of nitrogens with one attached hydrogen (secondary N) is 1. The maximum absolute atomic E-state index is 5.75. The molecular weight excluding hydrogens is 224 g/mol. The Labute approximate surface area is 107 Å². The molecule has 1 aliphatic heterocycles. The van der Waals surface area contributed by atoms with Crippen molar-refractivity contribution in [2.24, 2.45) is 22.7 Å². The third-order valence-electron chi connectivity index (χ3n) is 4.28. The lowest BCUT2D eigenvalue weighted by Gasteiger charge is -2.30. The predicted octanol–water partition coefficient (Wildman–Crippen LogP) is 2.68. The van der Waals surface area contributed by atoms with Crippen molar-refractivity contribution in [3.63, 3.8) is 0 Å². The first-order valence-electron chi connectivity index (χ1n) is 6.61. The van der Waals surface area contributed by atoms with Crippen molar-refractivity contribution in [2.75, 3.05) is 11.9 Å². The lowest BCUT2D eigenvalue weighted by atomic mass is 9.89. The van der Waals surface area contributed by atoms with Crippen LogP contribution in [0.25, 0.3) is 0 Å². The zero-order chi connectivity index (χ0) is 11.9. The van der Waals surface area contributed by atoms with Crippen molar-refractivity contribution in [2.45, 2.75) is 12.5 Å². The third-order valence-corrected chi connectivity index (χ3v) is 4.28. The minimum atomic E-state index is 0.431. The van der Waals surface area contributed by atoms with Crippen molar-refractivity contribution in [1.82, 2.24) is 0 Å². The van der Waals surface area contributed by atoms with E-state index in [2.05, 4.69) is 17.5 Å². The molecule has 4 atom stereocenters. The van der Waals surface area contributed by atoms with Gasteiger partial charge in [0.05, 0.1) is 12.6 Å². The van der Waals surface area contributed by atoms with Crippen LogP contribution in [0.1, 0.15) is 6.42 Å². The Bertz CT molecular complexity index is 508. The number of benzene rings is 1. The fraction of sp³-hybridized carbons (Fsp3) is 0.400. The molecule has 1 aromatic rings. The van der Waals surface area contributed by atoms with Gasteiger partial charge < -0.3 is 10.1 Å². The molecule has 0 aromatic heterocycles. The van der Waals surface area contributed by atoms with Gasteiger partial charge in [-0.1, -0.05) is 30.4 Å². The van der Waals surface area contributed by atoms with Crippen LogP contribution < -0.4 is 5.32 Å². The lowest BCUT2D eigenvalue weighted by molar-refractivity contribution is 0.177. The van der Waals surface area contributed by atoms with Crippen molar-refractivity contribution in [3.8, 4) is 0 Å². The van der Waals surface area contributed by atoms with Gasteiger partial charge >= 0.3 is 0 Å². The molecule has 0 amide bonds. The zero-order valence-electron chi connectivity index (χ0n) is 10.1. The van der Waals surface area contributed by atoms with Gasteiger partial charge in [-0.05, 0) is 24.5 Å². The van der Waals surface area contributed by atoms with Crippen LogP contribution in [0.2, 0.25) is 0 Å². The highest BCUT2D eigenvalue weighted by Crippen LogP contribution is 2.46. The number of allylic oxidation sites excluding steroid dienone is 1. The highest BCUT2D eigenvalue weighted by molar-refractivity contribution is 5.89. The van der Waals surface area contributed by atoms with E-state index in [9.17, 15) is 0 Å². The van der Waals surface area contributed by atoms with Crippen LogP contribution in [0.3, 0.4) is 0 Å². The molecule has 3 heteroatoms. The third kappa shape index (κ3) is 1.54. The fourth-order valence-corrected chi connectivity index (χ4v) is 3.37. The van der Waals surface area contributed by atoms with Gasteiger partial charge in [0, 0.05) is 17.5 Å². The second-order valence-corrected chi connectivity index (χ2v) is 5.34. The Hall–Kier alpha value is -1.77. The molecule has 1 heterocycles. The first kappa shape index (κ1) is 10.2. The Morgan fingerprint density at radius 1 is 1.11 bits per heavy atom. The van der Waals surface area contributed by atoms with Crippen LogP contribution in [0, 0.1) is 17.8 Å². The van der Waals surface area contributed by atoms with Crippen molar-refractivity contribution < 1.29 is 4.74 Å². The van der Waals surface area contributed by atoms with Crippen LogP contribution in [0.15, 0.2) is 47.5 Å². The number of hydrogen-bond acceptors (Lipinski definition) is 3. The van der Waals surface area contributed by atoms with E-state index >= 15 is 0 Å². The summed E-state index contributed by atoms with van der Waals surface area (Å²) >= 11 is 0. The summed E-state index contributed by atoms with van der Waals surface area (Å²) in [6.07, 6.45) is 5.95. The number of aliphatic imine (C=N–C) groups is 1. The molecule has 1 aromatic carbocycles. The Balaban J connectivity index is 1.55. The normalized spacial score (nSPS) is 35.9. The van der Waals surface area contributed by atoms with Gasteiger partial charge in [-0.2, -0.15) is 0 Å². The molecule has 0 unspecified atom stereocenters. The summed E-state index contributed by atoms with van der Waals surface area (Å²) in [5, 5.41) is 3.26. The number of fused-ring (bicyclic) bond motifs is 5. The number of ether oxygens (including phenoxy) is 1. The summed E-state index contributed by atoms with van der Waals surface area (Å²) < 4.78 is 5.75. The van der Waals surface area contributed by atoms with Crippen LogP contribution in [0.5, 0.6) is 0 Å². The average Bonchev–Trinajstić information content (AvgIpc) is 3.01. The van der Waals surface area contributed by atoms with Gasteiger partial charge in [-0.3, -0.25) is 0 Å². The summed E-state index contributed by atoms with van der Waals surface area (Å²) in [7, 11) is 0. The molecule has 2 bridgehead atoms. The van der Waals surface area contributed by atoms with E-state index < -0.39 is 0 Å². The minimum absolute atomic E-state index is 0.431. The highest BCUT2D eigenvalue weighted by atomic mass is 16.5. The van der Waals surface area contributed by atoms with E-state index in [0.29, 0.717) is 29.8 Å². The topological polar surface area (TPSA) is 33.6 Å². The smallest absolute Gasteiger partial charge is 0.289 e. The second-order valence-electron chi connectivity index (χ2n) is 5.34. The maximum Gasteiger partial charge on any atom is 0.289 e. The van der Waals surface area contributed by atoms with Crippen molar-refractivity contribution in [1.29, 1.82) is 0 Å². The predicted molar refractivity (Wildman–Crippen MR) is 71.5 cm³/mol. The zero-order valence-corrected chi connectivity index (χ0v) is 10.1. The number of rotatable bonds is 1. The molecule has 3 aliphatic rings. The molecule has 0 radical (unpaired) electrons. The van der Waals surface area contributed by atoms with E-state index in [-0.39, 0.29) is 0 Å². The van der Waals surface area contributed by atoms with Gasteiger partial charge in [0.15, 0.2) is 0 Å². The second kappa shape index (κ2) is 3.87. The Morgan fingerprint density at radius 3 is 2.83 bits per heavy atom. The summed E-state index contributed by atoms with van der Waals surface area (Å²) in [6, 6.07) is 11.2. The van der Waals surface area contributed by atoms with E-state index in [0.717, 1.165) is 12.3 Å². The Morgan fingerprint density at radius 2 is 1.94 bits per heavy atom. The SMILES string of the molecule is C1=C[C@H]2C[C@@H]1[C@@H]1N=C(Nc3ccccc3)OC[C@@H]12. The van der Waals surface area contributed by atoms with Gasteiger partial charge in [0.1, 0.15) is 0 Å². The molecule has 3 nitrogen and oxygen atoms in total. The summed E-state index contributed by atoms with van der Waals surface area (Å²) in [6.45, 7) is 0.800. The largest absolute Gasteiger partial charge is 0.465 e. The van der Waals surface area contributed by atoms with Crippen molar-refractivity contribution >= 4 is 11.7 Å². The molecular formula is C15H16N2O. The number of nitrogens with zero attached hydrogens (tertiary/aromatic N) is 1. The average molecular weight is 240 g/mol. The van der Waals surface area contributed by atoms with Crippen LogP contribution in [-0.2, 0) is 4.74 Å². The number of anilines is 1. The molecule has 4 rings (SSSR count). The maximum atomic E-state index is 5.75. The van der Waals surface area contributed by atoms with E-state index in [1.54, 1.807) is 0 Å². The fourth-order valence-electron chi connectivity index (χ4n) is 3.37. The molecule has 1 saturated carbocycles. The quantitative estimate of drug-likeness (QED) is 0.766. The monoisotopic (exact) mass is 240 g/mol. The van der Waals surface area contributed by atoms with Crippen LogP contribution in [-0.4, -0.2) is 18.7 Å². The summed E-state index contributed by atoms with van der Waals surface area (Å²) in [5.41, 5.74) is 1.04. The molecule has 18 heavy (non-hydrogen) atoms. The number of amidine groups is 1. The molecule has 1 N–H and O–H groups in total. The molecule has 92 valence electrons. The molecule has 2 aliphatic carbocycles.